The van der Waals surface area contributed by atoms with Crippen molar-refractivity contribution in [3.05, 3.63) is 55.4 Å². The van der Waals surface area contributed by atoms with E-state index in [0.29, 0.717) is 0 Å². The van der Waals surface area contributed by atoms with Crippen molar-refractivity contribution in [1.29, 1.82) is 0 Å². The van der Waals surface area contributed by atoms with Crippen molar-refractivity contribution in [2.45, 2.75) is 51.6 Å². The van der Waals surface area contributed by atoms with Gasteiger partial charge in [0.05, 0.1) is 11.0 Å². The minimum Gasteiger partial charge on any atom is -0.264 e. The zero-order chi connectivity index (χ0) is 22.2. The molecule has 0 amide bonds. The summed E-state index contributed by atoms with van der Waals surface area (Å²) in [7, 11) is 0. The maximum atomic E-state index is 13.1. The second kappa shape index (κ2) is 9.52. The van der Waals surface area contributed by atoms with Crippen LogP contribution in [0.3, 0.4) is 0 Å². The van der Waals surface area contributed by atoms with Crippen LogP contribution in [0.1, 0.15) is 38.5 Å². The SMILES string of the molecule is Fc1ccc2c(c1)c(I)nn2CCC1CC1.Fc1ccc2nn(CCC3CC3)c(I)c2c1. The maximum absolute atomic E-state index is 13.1. The van der Waals surface area contributed by atoms with Gasteiger partial charge in [-0.2, -0.15) is 10.2 Å². The Morgan fingerprint density at radius 2 is 1.38 bits per heavy atom. The molecule has 2 heterocycles. The van der Waals surface area contributed by atoms with E-state index >= 15 is 0 Å². The fourth-order valence-corrected chi connectivity index (χ4v) is 5.40. The molecule has 0 aliphatic heterocycles. The third-order valence-corrected chi connectivity index (χ3v) is 8.13. The summed E-state index contributed by atoms with van der Waals surface area (Å²) in [6, 6.07) is 9.69. The van der Waals surface area contributed by atoms with E-state index in [4.69, 9.17) is 0 Å². The van der Waals surface area contributed by atoms with E-state index in [9.17, 15) is 8.78 Å². The van der Waals surface area contributed by atoms with E-state index in [0.717, 1.165) is 54.1 Å². The first-order valence-corrected chi connectivity index (χ1v) is 13.3. The number of aromatic nitrogens is 4. The first-order chi connectivity index (χ1) is 15.5. The molecular formula is C24H24F2I2N4. The predicted octanol–water partition coefficient (Wildman–Crippen LogP) is 7.16. The van der Waals surface area contributed by atoms with Crippen LogP contribution in [0, 0.1) is 30.9 Å². The van der Waals surface area contributed by atoms with Gasteiger partial charge in [0.2, 0.25) is 0 Å². The number of nitrogens with zero attached hydrogens (tertiary/aromatic N) is 4. The molecule has 2 aliphatic carbocycles. The second-order valence-electron chi connectivity index (χ2n) is 8.81. The quantitative estimate of drug-likeness (QED) is 0.206. The summed E-state index contributed by atoms with van der Waals surface area (Å²) in [5, 5.41) is 10.8. The van der Waals surface area contributed by atoms with Gasteiger partial charge >= 0.3 is 0 Å². The maximum Gasteiger partial charge on any atom is 0.131 e. The van der Waals surface area contributed by atoms with Crippen LogP contribution in [-0.4, -0.2) is 19.6 Å². The van der Waals surface area contributed by atoms with E-state index in [1.165, 1.54) is 50.7 Å². The molecule has 168 valence electrons. The Balaban J connectivity index is 0.000000135. The Hall–Kier alpha value is -1.30. The zero-order valence-corrected chi connectivity index (χ0v) is 21.9. The average molecular weight is 660 g/mol. The van der Waals surface area contributed by atoms with Crippen molar-refractivity contribution in [2.24, 2.45) is 11.8 Å². The highest BCUT2D eigenvalue weighted by Crippen LogP contribution is 2.34. The topological polar surface area (TPSA) is 35.6 Å². The Morgan fingerprint density at radius 1 is 0.781 bits per heavy atom. The smallest absolute Gasteiger partial charge is 0.131 e. The summed E-state index contributed by atoms with van der Waals surface area (Å²) in [6.45, 7) is 1.91. The number of fused-ring (bicyclic) bond motifs is 2. The molecule has 6 rings (SSSR count). The largest absolute Gasteiger partial charge is 0.264 e. The van der Waals surface area contributed by atoms with Crippen LogP contribution in [0.25, 0.3) is 21.8 Å². The third-order valence-electron chi connectivity index (χ3n) is 6.20. The van der Waals surface area contributed by atoms with Crippen molar-refractivity contribution < 1.29 is 8.78 Å². The van der Waals surface area contributed by atoms with Crippen molar-refractivity contribution >= 4 is 67.0 Å². The molecule has 2 aromatic heterocycles. The average Bonchev–Trinajstić information content (AvgIpc) is 3.70. The number of aryl methyl sites for hydroxylation is 2. The van der Waals surface area contributed by atoms with Crippen LogP contribution < -0.4 is 0 Å². The normalized spacial score (nSPS) is 15.9. The molecule has 0 atom stereocenters. The standard InChI is InChI=1S/2C12H12FIN2/c13-9-3-4-11-10(7-9)12(14)15-16(11)6-5-8-1-2-8;13-9-3-4-11-10(7-9)12(14)16(15-11)6-5-8-1-2-8/h2*3-4,7-8H,1-2,5-6H2. The van der Waals surface area contributed by atoms with E-state index in [-0.39, 0.29) is 11.6 Å². The summed E-state index contributed by atoms with van der Waals surface area (Å²) in [5.74, 6) is 1.43. The van der Waals surface area contributed by atoms with Gasteiger partial charge in [-0.15, -0.1) is 0 Å². The van der Waals surface area contributed by atoms with E-state index in [2.05, 4.69) is 55.4 Å². The lowest BCUT2D eigenvalue weighted by Gasteiger charge is -2.01. The second-order valence-corrected chi connectivity index (χ2v) is 10.9. The van der Waals surface area contributed by atoms with Crippen LogP contribution in [0.5, 0.6) is 0 Å². The van der Waals surface area contributed by atoms with Crippen LogP contribution in [-0.2, 0) is 13.1 Å². The minimum absolute atomic E-state index is 0.188. The molecular weight excluding hydrogens is 636 g/mol. The molecule has 4 aromatic rings. The van der Waals surface area contributed by atoms with Crippen LogP contribution in [0.4, 0.5) is 8.78 Å². The van der Waals surface area contributed by atoms with Gasteiger partial charge in [-0.3, -0.25) is 9.36 Å². The van der Waals surface area contributed by atoms with Gasteiger partial charge in [0, 0.05) is 23.9 Å². The fourth-order valence-electron chi connectivity index (χ4n) is 3.93. The first-order valence-electron chi connectivity index (χ1n) is 11.1. The third kappa shape index (κ3) is 5.26. The highest BCUT2D eigenvalue weighted by Gasteiger charge is 2.22. The molecule has 4 nitrogen and oxygen atoms in total. The van der Waals surface area contributed by atoms with Crippen molar-refractivity contribution in [3.63, 3.8) is 0 Å². The molecule has 0 saturated heterocycles. The molecule has 2 aliphatic rings. The van der Waals surface area contributed by atoms with Crippen molar-refractivity contribution in [1.82, 2.24) is 19.6 Å². The Labute approximate surface area is 213 Å². The molecule has 0 spiro atoms. The van der Waals surface area contributed by atoms with Gasteiger partial charge in [0.25, 0.3) is 0 Å². The predicted molar refractivity (Wildman–Crippen MR) is 139 cm³/mol. The van der Waals surface area contributed by atoms with E-state index < -0.39 is 0 Å². The molecule has 0 unspecified atom stereocenters. The minimum atomic E-state index is -0.188. The van der Waals surface area contributed by atoms with Gasteiger partial charge < -0.3 is 0 Å². The molecule has 2 fully saturated rings. The Morgan fingerprint density at radius 3 is 2.03 bits per heavy atom. The Kier molecular flexibility index (Phi) is 6.69. The molecule has 2 saturated carbocycles. The molecule has 2 aromatic carbocycles. The summed E-state index contributed by atoms with van der Waals surface area (Å²) in [6.07, 6.45) is 7.87. The summed E-state index contributed by atoms with van der Waals surface area (Å²) >= 11 is 4.42. The summed E-state index contributed by atoms with van der Waals surface area (Å²) in [5.41, 5.74) is 1.94. The van der Waals surface area contributed by atoms with Crippen LogP contribution >= 0.6 is 45.2 Å². The summed E-state index contributed by atoms with van der Waals surface area (Å²) in [4.78, 5) is 0. The summed E-state index contributed by atoms with van der Waals surface area (Å²) < 4.78 is 32.2. The zero-order valence-electron chi connectivity index (χ0n) is 17.6. The molecule has 32 heavy (non-hydrogen) atoms. The van der Waals surface area contributed by atoms with Gasteiger partial charge in [-0.25, -0.2) is 8.78 Å². The number of hydrogen-bond acceptors (Lipinski definition) is 2. The van der Waals surface area contributed by atoms with Crippen molar-refractivity contribution in [3.8, 4) is 0 Å². The number of rotatable bonds is 6. The Bertz CT molecular complexity index is 1250. The van der Waals surface area contributed by atoms with Gasteiger partial charge in [-0.05, 0) is 106 Å². The molecule has 8 heteroatoms. The highest BCUT2D eigenvalue weighted by molar-refractivity contribution is 14.1. The van der Waals surface area contributed by atoms with Crippen LogP contribution in [0.15, 0.2) is 36.4 Å². The molecule has 0 bridgehead atoms. The lowest BCUT2D eigenvalue weighted by Crippen LogP contribution is -2.02. The number of hydrogen-bond donors (Lipinski definition) is 0. The van der Waals surface area contributed by atoms with Gasteiger partial charge in [0.1, 0.15) is 19.0 Å². The first kappa shape index (κ1) is 22.5. The van der Waals surface area contributed by atoms with E-state index in [1.54, 1.807) is 18.2 Å². The number of benzene rings is 2. The van der Waals surface area contributed by atoms with E-state index in [1.807, 2.05) is 15.4 Å². The lowest BCUT2D eigenvalue weighted by molar-refractivity contribution is 0.541. The highest BCUT2D eigenvalue weighted by atomic mass is 127. The molecule has 0 radical (unpaired) electrons. The number of halogens is 4. The monoisotopic (exact) mass is 660 g/mol. The van der Waals surface area contributed by atoms with Gasteiger partial charge in [-0.1, -0.05) is 25.7 Å². The lowest BCUT2D eigenvalue weighted by atomic mass is 10.2. The molecule has 0 N–H and O–H groups in total. The van der Waals surface area contributed by atoms with Crippen molar-refractivity contribution in [2.75, 3.05) is 0 Å². The van der Waals surface area contributed by atoms with Gasteiger partial charge in [0.15, 0.2) is 0 Å². The fraction of sp³-hybridized carbons (Fsp3) is 0.417. The van der Waals surface area contributed by atoms with Crippen LogP contribution in [0.2, 0.25) is 0 Å².